The van der Waals surface area contributed by atoms with Gasteiger partial charge < -0.3 is 4.74 Å². The molecule has 0 N–H and O–H groups in total. The molecule has 4 bridgehead atoms. The van der Waals surface area contributed by atoms with Crippen LogP contribution >= 0.6 is 0 Å². The Morgan fingerprint density at radius 1 is 1.15 bits per heavy atom. The first-order valence-corrected chi connectivity index (χ1v) is 7.59. The van der Waals surface area contributed by atoms with Gasteiger partial charge in [0.25, 0.3) is 0 Å². The minimum atomic E-state index is 0.273. The minimum Gasteiger partial charge on any atom is -0.493 e. The SMILES string of the molecule is COc1cnc(C#N)nc1C1C2CC3CC(C2)CC1C3. The molecule has 4 heteroatoms. The summed E-state index contributed by atoms with van der Waals surface area (Å²) in [7, 11) is 1.67. The van der Waals surface area contributed by atoms with E-state index in [1.807, 2.05) is 0 Å². The van der Waals surface area contributed by atoms with E-state index < -0.39 is 0 Å². The van der Waals surface area contributed by atoms with E-state index in [9.17, 15) is 0 Å². The Morgan fingerprint density at radius 3 is 2.35 bits per heavy atom. The highest BCUT2D eigenvalue weighted by molar-refractivity contribution is 5.33. The Labute approximate surface area is 119 Å². The van der Waals surface area contributed by atoms with Crippen molar-refractivity contribution >= 4 is 0 Å². The van der Waals surface area contributed by atoms with Crippen molar-refractivity contribution in [2.75, 3.05) is 7.11 Å². The van der Waals surface area contributed by atoms with E-state index in [1.165, 1.54) is 32.1 Å². The number of nitrogens with zero attached hydrogens (tertiary/aromatic N) is 3. The zero-order chi connectivity index (χ0) is 13.7. The summed E-state index contributed by atoms with van der Waals surface area (Å²) >= 11 is 0. The molecule has 0 amide bonds. The molecule has 1 heterocycles. The second-order valence-electron chi connectivity index (χ2n) is 6.72. The predicted molar refractivity (Wildman–Crippen MR) is 73.1 cm³/mol. The van der Waals surface area contributed by atoms with Gasteiger partial charge in [0.2, 0.25) is 5.82 Å². The number of ether oxygens (including phenoxy) is 1. The van der Waals surface area contributed by atoms with Crippen LogP contribution in [-0.4, -0.2) is 17.1 Å². The lowest BCUT2D eigenvalue weighted by Gasteiger charge is -2.54. The van der Waals surface area contributed by atoms with Gasteiger partial charge in [-0.1, -0.05) is 0 Å². The van der Waals surface area contributed by atoms with E-state index in [0.717, 1.165) is 35.1 Å². The first kappa shape index (κ1) is 12.1. The van der Waals surface area contributed by atoms with E-state index in [-0.39, 0.29) is 5.82 Å². The monoisotopic (exact) mass is 269 g/mol. The fraction of sp³-hybridized carbons (Fsp3) is 0.688. The van der Waals surface area contributed by atoms with E-state index in [0.29, 0.717) is 5.92 Å². The van der Waals surface area contributed by atoms with Gasteiger partial charge in [-0.3, -0.25) is 0 Å². The molecule has 0 atom stereocenters. The van der Waals surface area contributed by atoms with Gasteiger partial charge in [0, 0.05) is 5.92 Å². The molecule has 1 aromatic rings. The minimum absolute atomic E-state index is 0.273. The van der Waals surface area contributed by atoms with Crippen molar-refractivity contribution in [2.24, 2.45) is 23.7 Å². The van der Waals surface area contributed by atoms with Crippen LogP contribution in [0.1, 0.15) is 49.5 Å². The van der Waals surface area contributed by atoms with Crippen LogP contribution in [0, 0.1) is 35.0 Å². The van der Waals surface area contributed by atoms with E-state index in [4.69, 9.17) is 10.00 Å². The summed E-state index contributed by atoms with van der Waals surface area (Å²) in [4.78, 5) is 8.55. The smallest absolute Gasteiger partial charge is 0.232 e. The molecule has 0 unspecified atom stereocenters. The molecule has 5 rings (SSSR count). The van der Waals surface area contributed by atoms with Crippen LogP contribution in [0.2, 0.25) is 0 Å². The molecule has 20 heavy (non-hydrogen) atoms. The molecule has 0 spiro atoms. The predicted octanol–water partition coefficient (Wildman–Crippen LogP) is 2.90. The van der Waals surface area contributed by atoms with Crippen molar-refractivity contribution in [1.82, 2.24) is 9.97 Å². The summed E-state index contributed by atoms with van der Waals surface area (Å²) in [6.45, 7) is 0. The summed E-state index contributed by atoms with van der Waals surface area (Å²) in [5.74, 6) is 4.88. The molecule has 1 aromatic heterocycles. The van der Waals surface area contributed by atoms with Gasteiger partial charge in [-0.2, -0.15) is 5.26 Å². The van der Waals surface area contributed by atoms with Gasteiger partial charge in [-0.15, -0.1) is 0 Å². The Hall–Kier alpha value is -1.63. The third-order valence-corrected chi connectivity index (χ3v) is 5.65. The van der Waals surface area contributed by atoms with E-state index in [1.54, 1.807) is 13.3 Å². The van der Waals surface area contributed by atoms with Crippen molar-refractivity contribution in [1.29, 1.82) is 5.26 Å². The van der Waals surface area contributed by atoms with Crippen LogP contribution in [0.15, 0.2) is 6.20 Å². The fourth-order valence-corrected chi connectivity index (χ4v) is 5.21. The Balaban J connectivity index is 1.75. The molecule has 4 fully saturated rings. The molecule has 4 aliphatic carbocycles. The fourth-order valence-electron chi connectivity index (χ4n) is 5.21. The lowest BCUT2D eigenvalue weighted by Crippen LogP contribution is -2.44. The highest BCUT2D eigenvalue weighted by atomic mass is 16.5. The highest BCUT2D eigenvalue weighted by Gasteiger charge is 2.49. The highest BCUT2D eigenvalue weighted by Crippen LogP contribution is 2.60. The largest absolute Gasteiger partial charge is 0.493 e. The van der Waals surface area contributed by atoms with Gasteiger partial charge in [-0.05, 0) is 55.8 Å². The molecular formula is C16H19N3O. The van der Waals surface area contributed by atoms with Gasteiger partial charge in [0.1, 0.15) is 6.07 Å². The normalized spacial score (nSPS) is 37.7. The van der Waals surface area contributed by atoms with Crippen molar-refractivity contribution in [3.63, 3.8) is 0 Å². The third kappa shape index (κ3) is 1.72. The van der Waals surface area contributed by atoms with Gasteiger partial charge in [-0.25, -0.2) is 9.97 Å². The van der Waals surface area contributed by atoms with Crippen LogP contribution in [0.5, 0.6) is 5.75 Å². The number of rotatable bonds is 2. The summed E-state index contributed by atoms with van der Waals surface area (Å²) in [5, 5.41) is 9.06. The Bertz CT molecular complexity index is 550. The van der Waals surface area contributed by atoms with E-state index in [2.05, 4.69) is 16.0 Å². The first-order chi connectivity index (χ1) is 9.78. The van der Waals surface area contributed by atoms with Crippen molar-refractivity contribution < 1.29 is 4.74 Å². The number of nitriles is 1. The zero-order valence-electron chi connectivity index (χ0n) is 11.7. The summed E-state index contributed by atoms with van der Waals surface area (Å²) in [5.41, 5.74) is 0.993. The summed E-state index contributed by atoms with van der Waals surface area (Å²) in [6, 6.07) is 2.06. The number of hydrogen-bond donors (Lipinski definition) is 0. The maximum absolute atomic E-state index is 9.06. The average Bonchev–Trinajstić information content (AvgIpc) is 2.46. The number of methoxy groups -OCH3 is 1. The van der Waals surface area contributed by atoms with Crippen molar-refractivity contribution in [3.8, 4) is 11.8 Å². The standard InChI is InChI=1S/C16H19N3O/c1-20-13-8-18-14(7-17)19-16(13)15-11-3-9-2-10(5-11)6-12(15)4-9/h8-12,15H,2-6H2,1H3. The topological polar surface area (TPSA) is 58.8 Å². The van der Waals surface area contributed by atoms with E-state index >= 15 is 0 Å². The lowest BCUT2D eigenvalue weighted by molar-refractivity contribution is -0.00498. The van der Waals surface area contributed by atoms with Crippen molar-refractivity contribution in [3.05, 3.63) is 17.7 Å². The second kappa shape index (κ2) is 4.44. The van der Waals surface area contributed by atoms with Gasteiger partial charge in [0.05, 0.1) is 19.0 Å². The summed E-state index contributed by atoms with van der Waals surface area (Å²) < 4.78 is 5.47. The third-order valence-electron chi connectivity index (χ3n) is 5.65. The number of aromatic nitrogens is 2. The molecule has 4 nitrogen and oxygen atoms in total. The molecule has 0 saturated heterocycles. The quantitative estimate of drug-likeness (QED) is 0.828. The molecule has 0 aliphatic heterocycles. The summed E-state index contributed by atoms with van der Waals surface area (Å²) in [6.07, 6.45) is 8.48. The Kier molecular flexibility index (Phi) is 2.70. The Morgan fingerprint density at radius 2 is 1.80 bits per heavy atom. The van der Waals surface area contributed by atoms with Crippen LogP contribution in [0.4, 0.5) is 0 Å². The van der Waals surface area contributed by atoms with Crippen molar-refractivity contribution in [2.45, 2.75) is 38.0 Å². The molecule has 0 aromatic carbocycles. The molecule has 4 saturated carbocycles. The van der Waals surface area contributed by atoms with Gasteiger partial charge >= 0.3 is 0 Å². The van der Waals surface area contributed by atoms with Crippen LogP contribution in [0.3, 0.4) is 0 Å². The average molecular weight is 269 g/mol. The van der Waals surface area contributed by atoms with Gasteiger partial charge in [0.15, 0.2) is 5.75 Å². The molecule has 0 radical (unpaired) electrons. The molecule has 4 aliphatic rings. The zero-order valence-corrected chi connectivity index (χ0v) is 11.7. The second-order valence-corrected chi connectivity index (χ2v) is 6.72. The van der Waals surface area contributed by atoms with Crippen LogP contribution in [0.25, 0.3) is 0 Å². The van der Waals surface area contributed by atoms with Crippen LogP contribution < -0.4 is 4.74 Å². The maximum atomic E-state index is 9.06. The van der Waals surface area contributed by atoms with Crippen LogP contribution in [-0.2, 0) is 0 Å². The maximum Gasteiger partial charge on any atom is 0.232 e. The lowest BCUT2D eigenvalue weighted by atomic mass is 9.51. The molecule has 104 valence electrons. The first-order valence-electron chi connectivity index (χ1n) is 7.59. The number of hydrogen-bond acceptors (Lipinski definition) is 4. The molecular weight excluding hydrogens is 250 g/mol.